The summed E-state index contributed by atoms with van der Waals surface area (Å²) in [7, 11) is 0. The van der Waals surface area contributed by atoms with Crippen LogP contribution in [0.2, 0.25) is 0 Å². The standard InChI is InChI=1S/C17H25N3O2/c1-12(2)22-15(21)17(18,11-16(3,4)5)13-6-7-14-19-8-9-20(14)10-13/h6-10,12H,11,18H2,1-5H3. The molecule has 0 aromatic carbocycles. The molecule has 0 aliphatic heterocycles. The molecule has 0 amide bonds. The van der Waals surface area contributed by atoms with E-state index in [1.54, 1.807) is 6.20 Å². The third-order valence-corrected chi connectivity index (χ3v) is 3.42. The van der Waals surface area contributed by atoms with Gasteiger partial charge in [0.1, 0.15) is 11.2 Å². The summed E-state index contributed by atoms with van der Waals surface area (Å²) in [5, 5.41) is 0. The number of pyridine rings is 1. The zero-order chi connectivity index (χ0) is 16.5. The van der Waals surface area contributed by atoms with Crippen molar-refractivity contribution >= 4 is 11.6 Å². The van der Waals surface area contributed by atoms with E-state index in [9.17, 15) is 4.79 Å². The Morgan fingerprint density at radius 3 is 2.64 bits per heavy atom. The number of esters is 1. The van der Waals surface area contributed by atoms with Gasteiger partial charge in [-0.25, -0.2) is 9.78 Å². The van der Waals surface area contributed by atoms with E-state index in [0.29, 0.717) is 6.42 Å². The number of carbonyl (C=O) groups excluding carboxylic acids is 1. The summed E-state index contributed by atoms with van der Waals surface area (Å²) in [5.74, 6) is -0.392. The first-order valence-electron chi connectivity index (χ1n) is 7.55. The summed E-state index contributed by atoms with van der Waals surface area (Å²) in [6.07, 6.45) is 5.70. The Morgan fingerprint density at radius 1 is 1.36 bits per heavy atom. The maximum atomic E-state index is 12.7. The van der Waals surface area contributed by atoms with Gasteiger partial charge in [-0.2, -0.15) is 0 Å². The van der Waals surface area contributed by atoms with Crippen LogP contribution in [0.1, 0.15) is 46.6 Å². The molecule has 2 heterocycles. The van der Waals surface area contributed by atoms with E-state index >= 15 is 0 Å². The molecule has 0 radical (unpaired) electrons. The third kappa shape index (κ3) is 3.47. The lowest BCUT2D eigenvalue weighted by Crippen LogP contribution is -2.49. The van der Waals surface area contributed by atoms with E-state index in [-0.39, 0.29) is 11.5 Å². The van der Waals surface area contributed by atoms with Crippen LogP contribution in [-0.2, 0) is 15.1 Å². The first-order chi connectivity index (χ1) is 10.1. The Bertz CT molecular complexity index is 670. The molecular formula is C17H25N3O2. The van der Waals surface area contributed by atoms with Crippen molar-refractivity contribution in [3.8, 4) is 0 Å². The van der Waals surface area contributed by atoms with E-state index in [4.69, 9.17) is 10.5 Å². The van der Waals surface area contributed by atoms with Crippen molar-refractivity contribution < 1.29 is 9.53 Å². The second-order valence-corrected chi connectivity index (χ2v) is 7.27. The first-order valence-corrected chi connectivity index (χ1v) is 7.55. The topological polar surface area (TPSA) is 69.6 Å². The number of imidazole rings is 1. The second-order valence-electron chi connectivity index (χ2n) is 7.27. The summed E-state index contributed by atoms with van der Waals surface area (Å²) in [4.78, 5) is 16.9. The number of ether oxygens (including phenoxy) is 1. The molecule has 0 spiro atoms. The number of fused-ring (bicyclic) bond motifs is 1. The normalized spacial score (nSPS) is 15.0. The van der Waals surface area contributed by atoms with Gasteiger partial charge in [-0.1, -0.05) is 26.8 Å². The van der Waals surface area contributed by atoms with Crippen LogP contribution < -0.4 is 5.73 Å². The Balaban J connectivity index is 2.48. The molecule has 0 aliphatic rings. The lowest BCUT2D eigenvalue weighted by molar-refractivity contribution is -0.156. The van der Waals surface area contributed by atoms with Crippen LogP contribution in [0.15, 0.2) is 30.7 Å². The molecule has 0 bridgehead atoms. The van der Waals surface area contributed by atoms with Gasteiger partial charge in [0.2, 0.25) is 0 Å². The fourth-order valence-electron chi connectivity index (χ4n) is 2.63. The maximum Gasteiger partial charge on any atom is 0.331 e. The number of carbonyl (C=O) groups is 1. The quantitative estimate of drug-likeness (QED) is 0.882. The second kappa shape index (κ2) is 5.72. The van der Waals surface area contributed by atoms with Crippen LogP contribution in [-0.4, -0.2) is 21.5 Å². The Kier molecular flexibility index (Phi) is 4.29. The van der Waals surface area contributed by atoms with Crippen molar-refractivity contribution in [2.45, 2.75) is 52.7 Å². The van der Waals surface area contributed by atoms with Gasteiger partial charge in [0.05, 0.1) is 6.10 Å². The van der Waals surface area contributed by atoms with Gasteiger partial charge in [0, 0.05) is 18.6 Å². The monoisotopic (exact) mass is 303 g/mol. The number of hydrogen-bond donors (Lipinski definition) is 1. The van der Waals surface area contributed by atoms with Crippen LogP contribution in [0, 0.1) is 5.41 Å². The van der Waals surface area contributed by atoms with Crippen LogP contribution in [0.5, 0.6) is 0 Å². The number of nitrogens with zero attached hydrogens (tertiary/aromatic N) is 2. The van der Waals surface area contributed by atoms with Gasteiger partial charge < -0.3 is 14.9 Å². The van der Waals surface area contributed by atoms with Gasteiger partial charge in [0.25, 0.3) is 0 Å². The fourth-order valence-corrected chi connectivity index (χ4v) is 2.63. The molecule has 2 N–H and O–H groups in total. The lowest BCUT2D eigenvalue weighted by atomic mass is 9.76. The van der Waals surface area contributed by atoms with E-state index in [2.05, 4.69) is 25.8 Å². The molecular weight excluding hydrogens is 278 g/mol. The largest absolute Gasteiger partial charge is 0.461 e. The number of rotatable bonds is 4. The summed E-state index contributed by atoms with van der Waals surface area (Å²) in [6.45, 7) is 9.84. The molecule has 1 unspecified atom stereocenters. The fraction of sp³-hybridized carbons (Fsp3) is 0.529. The van der Waals surface area contributed by atoms with E-state index in [1.807, 2.05) is 42.8 Å². The Labute approximate surface area is 131 Å². The van der Waals surface area contributed by atoms with Gasteiger partial charge in [-0.3, -0.25) is 0 Å². The minimum absolute atomic E-state index is 0.116. The predicted octanol–water partition coefficient (Wildman–Crippen LogP) is 2.88. The van der Waals surface area contributed by atoms with Gasteiger partial charge in [-0.15, -0.1) is 0 Å². The van der Waals surface area contributed by atoms with Gasteiger partial charge in [-0.05, 0) is 37.3 Å². The maximum absolute atomic E-state index is 12.7. The van der Waals surface area contributed by atoms with Crippen LogP contribution in [0.3, 0.4) is 0 Å². The molecule has 1 atom stereocenters. The molecule has 0 fully saturated rings. The molecule has 2 rings (SSSR count). The van der Waals surface area contributed by atoms with Crippen LogP contribution in [0.4, 0.5) is 0 Å². The van der Waals surface area contributed by atoms with Gasteiger partial charge >= 0.3 is 5.97 Å². The first kappa shape index (κ1) is 16.5. The highest BCUT2D eigenvalue weighted by Gasteiger charge is 2.41. The van der Waals surface area contributed by atoms with Crippen LogP contribution >= 0.6 is 0 Å². The molecule has 5 nitrogen and oxygen atoms in total. The van der Waals surface area contributed by atoms with Crippen molar-refractivity contribution in [3.05, 3.63) is 36.3 Å². The zero-order valence-corrected chi connectivity index (χ0v) is 14.0. The van der Waals surface area contributed by atoms with E-state index < -0.39 is 11.5 Å². The molecule has 120 valence electrons. The van der Waals surface area contributed by atoms with E-state index in [0.717, 1.165) is 11.2 Å². The number of hydrogen-bond acceptors (Lipinski definition) is 4. The highest BCUT2D eigenvalue weighted by Crippen LogP contribution is 2.34. The summed E-state index contributed by atoms with van der Waals surface area (Å²) in [5.41, 5.74) is 6.81. The average Bonchev–Trinajstić information content (AvgIpc) is 2.82. The van der Waals surface area contributed by atoms with Crippen molar-refractivity contribution in [1.29, 1.82) is 0 Å². The van der Waals surface area contributed by atoms with Crippen molar-refractivity contribution in [2.24, 2.45) is 11.1 Å². The molecule has 2 aromatic rings. The number of aromatic nitrogens is 2. The van der Waals surface area contributed by atoms with Crippen molar-refractivity contribution in [1.82, 2.24) is 9.38 Å². The Hall–Kier alpha value is -1.88. The SMILES string of the molecule is CC(C)OC(=O)C(N)(CC(C)(C)C)c1ccc2nccn2c1. The number of nitrogens with two attached hydrogens (primary N) is 1. The third-order valence-electron chi connectivity index (χ3n) is 3.42. The minimum atomic E-state index is -1.18. The minimum Gasteiger partial charge on any atom is -0.461 e. The predicted molar refractivity (Wildman–Crippen MR) is 86.4 cm³/mol. The molecule has 0 saturated carbocycles. The summed E-state index contributed by atoms with van der Waals surface area (Å²) < 4.78 is 7.28. The van der Waals surface area contributed by atoms with Gasteiger partial charge in [0.15, 0.2) is 0 Å². The smallest absolute Gasteiger partial charge is 0.331 e. The lowest BCUT2D eigenvalue weighted by Gasteiger charge is -2.34. The summed E-state index contributed by atoms with van der Waals surface area (Å²) in [6, 6.07) is 3.72. The molecule has 5 heteroatoms. The van der Waals surface area contributed by atoms with Crippen molar-refractivity contribution in [3.63, 3.8) is 0 Å². The average molecular weight is 303 g/mol. The molecule has 0 aliphatic carbocycles. The highest BCUT2D eigenvalue weighted by molar-refractivity contribution is 5.82. The van der Waals surface area contributed by atoms with Crippen molar-refractivity contribution in [2.75, 3.05) is 0 Å². The summed E-state index contributed by atoms with van der Waals surface area (Å²) >= 11 is 0. The highest BCUT2D eigenvalue weighted by atomic mass is 16.5. The Morgan fingerprint density at radius 2 is 2.05 bits per heavy atom. The molecule has 2 aromatic heterocycles. The zero-order valence-electron chi connectivity index (χ0n) is 14.0. The van der Waals surface area contributed by atoms with E-state index in [1.165, 1.54) is 0 Å². The molecule has 22 heavy (non-hydrogen) atoms. The molecule has 0 saturated heterocycles. The van der Waals surface area contributed by atoms with Crippen LogP contribution in [0.25, 0.3) is 5.65 Å².